The summed E-state index contributed by atoms with van der Waals surface area (Å²) in [7, 11) is 1.40. The van der Waals surface area contributed by atoms with Gasteiger partial charge in [0.15, 0.2) is 0 Å². The molecule has 2 unspecified atom stereocenters. The van der Waals surface area contributed by atoms with E-state index in [4.69, 9.17) is 10.5 Å². The second-order valence-electron chi connectivity index (χ2n) is 3.07. The molecule has 0 saturated carbocycles. The highest BCUT2D eigenvalue weighted by Crippen LogP contribution is 2.21. The third-order valence-corrected chi connectivity index (χ3v) is 2.11. The molecule has 1 fully saturated rings. The molecule has 1 saturated heterocycles. The third-order valence-electron chi connectivity index (χ3n) is 2.11. The molecule has 0 aromatic heterocycles. The molecular formula is C8H15NO3. The van der Waals surface area contributed by atoms with Crippen molar-refractivity contribution in [2.75, 3.05) is 20.3 Å². The SMILES string of the molecule is COC(=O)CC1COC(CN)C1. The Hall–Kier alpha value is -0.610. The summed E-state index contributed by atoms with van der Waals surface area (Å²) in [6, 6.07) is 0. The second kappa shape index (κ2) is 4.42. The van der Waals surface area contributed by atoms with Crippen LogP contribution in [-0.4, -0.2) is 32.3 Å². The van der Waals surface area contributed by atoms with Crippen molar-refractivity contribution >= 4 is 5.97 Å². The molecule has 12 heavy (non-hydrogen) atoms. The number of ether oxygens (including phenoxy) is 2. The first kappa shape index (κ1) is 9.48. The average Bonchev–Trinajstić information content (AvgIpc) is 2.52. The summed E-state index contributed by atoms with van der Waals surface area (Å²) in [5.74, 6) is 0.132. The van der Waals surface area contributed by atoms with Crippen molar-refractivity contribution in [1.29, 1.82) is 0 Å². The smallest absolute Gasteiger partial charge is 0.305 e. The Morgan fingerprint density at radius 1 is 1.75 bits per heavy atom. The number of carbonyl (C=O) groups excluding carboxylic acids is 1. The minimum atomic E-state index is -0.165. The van der Waals surface area contributed by atoms with E-state index in [9.17, 15) is 4.79 Å². The van der Waals surface area contributed by atoms with E-state index >= 15 is 0 Å². The van der Waals surface area contributed by atoms with Gasteiger partial charge in [-0.05, 0) is 12.3 Å². The first-order chi connectivity index (χ1) is 5.76. The Balaban J connectivity index is 2.23. The summed E-state index contributed by atoms with van der Waals surface area (Å²) < 4.78 is 9.88. The van der Waals surface area contributed by atoms with Crippen LogP contribution in [0.5, 0.6) is 0 Å². The molecule has 2 N–H and O–H groups in total. The molecule has 1 aliphatic heterocycles. The standard InChI is InChI=1S/C8H15NO3/c1-11-8(10)3-6-2-7(4-9)12-5-6/h6-7H,2-5,9H2,1H3. The molecule has 1 rings (SSSR count). The Morgan fingerprint density at radius 2 is 2.50 bits per heavy atom. The van der Waals surface area contributed by atoms with Gasteiger partial charge in [-0.2, -0.15) is 0 Å². The molecule has 2 atom stereocenters. The van der Waals surface area contributed by atoms with Gasteiger partial charge < -0.3 is 15.2 Å². The maximum atomic E-state index is 10.9. The van der Waals surface area contributed by atoms with Crippen molar-refractivity contribution in [3.8, 4) is 0 Å². The molecular weight excluding hydrogens is 158 g/mol. The maximum Gasteiger partial charge on any atom is 0.305 e. The van der Waals surface area contributed by atoms with Gasteiger partial charge >= 0.3 is 5.97 Å². The molecule has 4 heteroatoms. The summed E-state index contributed by atoms with van der Waals surface area (Å²) in [4.78, 5) is 10.9. The lowest BCUT2D eigenvalue weighted by molar-refractivity contribution is -0.141. The summed E-state index contributed by atoms with van der Waals surface area (Å²) in [6.45, 7) is 1.18. The molecule has 1 heterocycles. The predicted octanol–water partition coefficient (Wildman–Crippen LogP) is -0.0867. The molecule has 0 aliphatic carbocycles. The zero-order valence-corrected chi connectivity index (χ0v) is 7.29. The monoisotopic (exact) mass is 173 g/mol. The summed E-state index contributed by atoms with van der Waals surface area (Å²) in [5, 5.41) is 0. The Labute approximate surface area is 72.0 Å². The van der Waals surface area contributed by atoms with E-state index < -0.39 is 0 Å². The van der Waals surface area contributed by atoms with Crippen LogP contribution in [0.15, 0.2) is 0 Å². The average molecular weight is 173 g/mol. The number of hydrogen-bond donors (Lipinski definition) is 1. The number of carbonyl (C=O) groups is 1. The van der Waals surface area contributed by atoms with E-state index in [0.29, 0.717) is 25.5 Å². The number of nitrogens with two attached hydrogens (primary N) is 1. The fourth-order valence-corrected chi connectivity index (χ4v) is 1.41. The second-order valence-corrected chi connectivity index (χ2v) is 3.07. The van der Waals surface area contributed by atoms with Crippen molar-refractivity contribution in [3.05, 3.63) is 0 Å². The van der Waals surface area contributed by atoms with E-state index in [1.807, 2.05) is 0 Å². The zero-order chi connectivity index (χ0) is 8.97. The van der Waals surface area contributed by atoms with Crippen LogP contribution in [0.4, 0.5) is 0 Å². The highest BCUT2D eigenvalue weighted by atomic mass is 16.5. The van der Waals surface area contributed by atoms with Crippen LogP contribution in [0, 0.1) is 5.92 Å². The van der Waals surface area contributed by atoms with Gasteiger partial charge in [0, 0.05) is 6.54 Å². The van der Waals surface area contributed by atoms with Gasteiger partial charge in [-0.3, -0.25) is 4.79 Å². The first-order valence-corrected chi connectivity index (χ1v) is 4.14. The lowest BCUT2D eigenvalue weighted by Crippen LogP contribution is -2.18. The summed E-state index contributed by atoms with van der Waals surface area (Å²) in [6.07, 6.45) is 1.47. The Bertz CT molecular complexity index is 160. The van der Waals surface area contributed by atoms with Gasteiger partial charge in [0.25, 0.3) is 0 Å². The van der Waals surface area contributed by atoms with Gasteiger partial charge in [0.2, 0.25) is 0 Å². The van der Waals surface area contributed by atoms with Crippen molar-refractivity contribution in [2.45, 2.75) is 18.9 Å². The molecule has 0 amide bonds. The number of esters is 1. The van der Waals surface area contributed by atoms with Crippen LogP contribution < -0.4 is 5.73 Å². The van der Waals surface area contributed by atoms with Gasteiger partial charge in [0.1, 0.15) is 0 Å². The normalized spacial score (nSPS) is 28.8. The highest BCUT2D eigenvalue weighted by Gasteiger charge is 2.26. The molecule has 0 spiro atoms. The minimum absolute atomic E-state index is 0.139. The zero-order valence-electron chi connectivity index (χ0n) is 7.29. The Kier molecular flexibility index (Phi) is 3.49. The van der Waals surface area contributed by atoms with Gasteiger partial charge in [-0.1, -0.05) is 0 Å². The van der Waals surface area contributed by atoms with Crippen molar-refractivity contribution in [2.24, 2.45) is 11.7 Å². The molecule has 0 bridgehead atoms. The van der Waals surface area contributed by atoms with Crippen molar-refractivity contribution in [1.82, 2.24) is 0 Å². The molecule has 70 valence electrons. The van der Waals surface area contributed by atoms with E-state index in [-0.39, 0.29) is 12.1 Å². The quantitative estimate of drug-likeness (QED) is 0.606. The molecule has 0 aromatic rings. The van der Waals surface area contributed by atoms with E-state index in [1.165, 1.54) is 7.11 Å². The number of hydrogen-bond acceptors (Lipinski definition) is 4. The number of rotatable bonds is 3. The topological polar surface area (TPSA) is 61.5 Å². The van der Waals surface area contributed by atoms with Gasteiger partial charge in [-0.25, -0.2) is 0 Å². The van der Waals surface area contributed by atoms with Crippen LogP contribution in [0.1, 0.15) is 12.8 Å². The van der Waals surface area contributed by atoms with E-state index in [1.54, 1.807) is 0 Å². The fourth-order valence-electron chi connectivity index (χ4n) is 1.41. The van der Waals surface area contributed by atoms with E-state index in [0.717, 1.165) is 6.42 Å². The molecule has 4 nitrogen and oxygen atoms in total. The van der Waals surface area contributed by atoms with Crippen LogP contribution >= 0.6 is 0 Å². The molecule has 0 aromatic carbocycles. The van der Waals surface area contributed by atoms with Gasteiger partial charge in [0.05, 0.1) is 26.2 Å². The lowest BCUT2D eigenvalue weighted by Gasteiger charge is -2.05. The van der Waals surface area contributed by atoms with Crippen LogP contribution in [-0.2, 0) is 14.3 Å². The molecule has 1 aliphatic rings. The third kappa shape index (κ3) is 2.46. The van der Waals surface area contributed by atoms with Crippen LogP contribution in [0.25, 0.3) is 0 Å². The predicted molar refractivity (Wildman–Crippen MR) is 43.5 cm³/mol. The summed E-state index contributed by atoms with van der Waals surface area (Å²) in [5.41, 5.74) is 5.42. The van der Waals surface area contributed by atoms with Crippen molar-refractivity contribution < 1.29 is 14.3 Å². The first-order valence-electron chi connectivity index (χ1n) is 4.14. The highest BCUT2D eigenvalue weighted by molar-refractivity contribution is 5.69. The van der Waals surface area contributed by atoms with Crippen LogP contribution in [0.2, 0.25) is 0 Å². The van der Waals surface area contributed by atoms with Crippen LogP contribution in [0.3, 0.4) is 0 Å². The van der Waals surface area contributed by atoms with E-state index in [2.05, 4.69) is 4.74 Å². The fraction of sp³-hybridized carbons (Fsp3) is 0.875. The lowest BCUT2D eigenvalue weighted by atomic mass is 10.0. The summed E-state index contributed by atoms with van der Waals surface area (Å²) >= 11 is 0. The Morgan fingerprint density at radius 3 is 3.00 bits per heavy atom. The number of methoxy groups -OCH3 is 1. The maximum absolute atomic E-state index is 10.9. The van der Waals surface area contributed by atoms with Gasteiger partial charge in [-0.15, -0.1) is 0 Å². The minimum Gasteiger partial charge on any atom is -0.469 e. The van der Waals surface area contributed by atoms with Crippen molar-refractivity contribution in [3.63, 3.8) is 0 Å². The largest absolute Gasteiger partial charge is 0.469 e. The molecule has 0 radical (unpaired) electrons.